The monoisotopic (exact) mass is 317 g/mol. The molecule has 1 amide bonds. The Morgan fingerprint density at radius 2 is 2.47 bits per heavy atom. The third-order valence-electron chi connectivity index (χ3n) is 3.05. The topological polar surface area (TPSA) is 46.1 Å². The maximum absolute atomic E-state index is 12.4. The summed E-state index contributed by atoms with van der Waals surface area (Å²) >= 11 is 4.71. The Balaban J connectivity index is 2.15. The first-order chi connectivity index (χ1) is 8.27. The van der Waals surface area contributed by atoms with Crippen LogP contribution in [0.4, 0.5) is 0 Å². The van der Waals surface area contributed by atoms with Crippen LogP contribution in [0.2, 0.25) is 0 Å². The van der Waals surface area contributed by atoms with Crippen molar-refractivity contribution >= 4 is 33.4 Å². The van der Waals surface area contributed by atoms with Crippen LogP contribution in [0.15, 0.2) is 0 Å². The molecule has 1 aromatic rings. The van der Waals surface area contributed by atoms with Crippen LogP contribution in [0, 0.1) is 0 Å². The van der Waals surface area contributed by atoms with Crippen molar-refractivity contribution in [3.8, 4) is 0 Å². The van der Waals surface area contributed by atoms with Gasteiger partial charge in [-0.3, -0.25) is 4.79 Å². The van der Waals surface area contributed by atoms with Crippen molar-refractivity contribution in [1.82, 2.24) is 14.5 Å². The van der Waals surface area contributed by atoms with E-state index < -0.39 is 0 Å². The molecule has 0 aliphatic carbocycles. The van der Waals surface area contributed by atoms with E-state index in [1.807, 2.05) is 4.90 Å². The van der Waals surface area contributed by atoms with Gasteiger partial charge in [0.15, 0.2) is 0 Å². The van der Waals surface area contributed by atoms with Gasteiger partial charge in [0.05, 0.1) is 5.69 Å². The summed E-state index contributed by atoms with van der Waals surface area (Å²) < 4.78 is 3.92. The highest BCUT2D eigenvalue weighted by atomic mass is 79.9. The molecule has 0 N–H and O–H groups in total. The zero-order valence-corrected chi connectivity index (χ0v) is 12.3. The summed E-state index contributed by atoms with van der Waals surface area (Å²) in [6.07, 6.45) is 4.02. The van der Waals surface area contributed by atoms with E-state index in [0.29, 0.717) is 6.04 Å². The van der Waals surface area contributed by atoms with Gasteiger partial charge in [-0.25, -0.2) is 0 Å². The van der Waals surface area contributed by atoms with Gasteiger partial charge in [-0.05, 0) is 30.8 Å². The van der Waals surface area contributed by atoms with Gasteiger partial charge in [-0.1, -0.05) is 33.8 Å². The highest BCUT2D eigenvalue weighted by molar-refractivity contribution is 9.09. The average molecular weight is 318 g/mol. The Bertz CT molecular complexity index is 396. The lowest BCUT2D eigenvalue weighted by Gasteiger charge is -2.22. The standard InChI is InChI=1S/C11H16BrN3OS/c1-2-4-9-10(17-14-13-9)11(16)15-6-3-5-8(15)7-12/h8H,2-7H2,1H3. The Labute approximate surface area is 114 Å². The predicted molar refractivity (Wildman–Crippen MR) is 71.8 cm³/mol. The highest BCUT2D eigenvalue weighted by Gasteiger charge is 2.31. The summed E-state index contributed by atoms with van der Waals surface area (Å²) in [6.45, 7) is 2.95. The molecule has 0 bridgehead atoms. The van der Waals surface area contributed by atoms with Gasteiger partial charge in [0.1, 0.15) is 4.88 Å². The molecule has 94 valence electrons. The normalized spacial score (nSPS) is 19.9. The van der Waals surface area contributed by atoms with Crippen LogP contribution in [-0.4, -0.2) is 38.3 Å². The van der Waals surface area contributed by atoms with Crippen LogP contribution in [0.5, 0.6) is 0 Å². The number of hydrogen-bond donors (Lipinski definition) is 0. The third-order valence-corrected chi connectivity index (χ3v) is 4.56. The number of likely N-dealkylation sites (tertiary alicyclic amines) is 1. The summed E-state index contributed by atoms with van der Waals surface area (Å²) in [4.78, 5) is 15.1. The summed E-state index contributed by atoms with van der Waals surface area (Å²) in [5.41, 5.74) is 0.864. The lowest BCUT2D eigenvalue weighted by molar-refractivity contribution is 0.0754. The first-order valence-electron chi connectivity index (χ1n) is 5.96. The van der Waals surface area contributed by atoms with E-state index in [2.05, 4.69) is 32.4 Å². The minimum atomic E-state index is 0.116. The number of amides is 1. The number of hydrogen-bond acceptors (Lipinski definition) is 4. The van der Waals surface area contributed by atoms with Crippen molar-refractivity contribution < 1.29 is 4.79 Å². The van der Waals surface area contributed by atoms with Crippen molar-refractivity contribution in [1.29, 1.82) is 0 Å². The van der Waals surface area contributed by atoms with Gasteiger partial charge in [-0.2, -0.15) is 0 Å². The largest absolute Gasteiger partial charge is 0.334 e. The van der Waals surface area contributed by atoms with Crippen LogP contribution in [-0.2, 0) is 6.42 Å². The Hall–Kier alpha value is -0.490. The molecular weight excluding hydrogens is 302 g/mol. The number of halogens is 1. The van der Waals surface area contributed by atoms with Gasteiger partial charge in [-0.15, -0.1) is 5.10 Å². The zero-order chi connectivity index (χ0) is 12.3. The molecule has 6 heteroatoms. The minimum absolute atomic E-state index is 0.116. The smallest absolute Gasteiger partial charge is 0.267 e. The van der Waals surface area contributed by atoms with E-state index in [9.17, 15) is 4.79 Å². The van der Waals surface area contributed by atoms with Crippen molar-refractivity contribution in [3.63, 3.8) is 0 Å². The minimum Gasteiger partial charge on any atom is -0.334 e. The first kappa shape index (κ1) is 13.0. The Morgan fingerprint density at radius 3 is 3.18 bits per heavy atom. The van der Waals surface area contributed by atoms with E-state index in [0.717, 1.165) is 48.1 Å². The van der Waals surface area contributed by atoms with E-state index in [1.165, 1.54) is 11.5 Å². The summed E-state index contributed by atoms with van der Waals surface area (Å²) in [5.74, 6) is 0.116. The predicted octanol–water partition coefficient (Wildman–Crippen LogP) is 2.49. The van der Waals surface area contributed by atoms with Gasteiger partial charge in [0.2, 0.25) is 0 Å². The van der Waals surface area contributed by atoms with Gasteiger partial charge in [0, 0.05) is 17.9 Å². The number of carbonyl (C=O) groups is 1. The number of aryl methyl sites for hydroxylation is 1. The fourth-order valence-corrected chi connectivity index (χ4v) is 3.50. The molecule has 1 aromatic heterocycles. The molecule has 2 rings (SSSR count). The van der Waals surface area contributed by atoms with Crippen molar-refractivity contribution in [2.45, 2.75) is 38.6 Å². The summed E-state index contributed by atoms with van der Waals surface area (Å²) in [7, 11) is 0. The maximum atomic E-state index is 12.4. The van der Waals surface area contributed by atoms with Crippen molar-refractivity contribution in [2.75, 3.05) is 11.9 Å². The molecule has 0 spiro atoms. The Kier molecular flexibility index (Phi) is 4.50. The lowest BCUT2D eigenvalue weighted by Crippen LogP contribution is -2.36. The highest BCUT2D eigenvalue weighted by Crippen LogP contribution is 2.24. The van der Waals surface area contributed by atoms with Crippen LogP contribution < -0.4 is 0 Å². The van der Waals surface area contributed by atoms with E-state index >= 15 is 0 Å². The van der Waals surface area contributed by atoms with Crippen LogP contribution in [0.25, 0.3) is 0 Å². The SMILES string of the molecule is CCCc1nnsc1C(=O)N1CCCC1CBr. The molecule has 1 atom stereocenters. The number of alkyl halides is 1. The first-order valence-corrected chi connectivity index (χ1v) is 7.85. The maximum Gasteiger partial charge on any atom is 0.267 e. The fraction of sp³-hybridized carbons (Fsp3) is 0.727. The summed E-state index contributed by atoms with van der Waals surface area (Å²) in [5, 5.41) is 4.91. The lowest BCUT2D eigenvalue weighted by atomic mass is 10.2. The number of rotatable bonds is 4. The van der Waals surface area contributed by atoms with Crippen LogP contribution in [0.3, 0.4) is 0 Å². The number of carbonyl (C=O) groups excluding carboxylic acids is 1. The molecule has 1 aliphatic rings. The quantitative estimate of drug-likeness (QED) is 0.801. The molecule has 1 unspecified atom stereocenters. The number of aromatic nitrogens is 2. The second kappa shape index (κ2) is 5.91. The van der Waals surface area contributed by atoms with E-state index in [1.54, 1.807) is 0 Å². The number of nitrogens with zero attached hydrogens (tertiary/aromatic N) is 3. The molecule has 2 heterocycles. The van der Waals surface area contributed by atoms with Crippen molar-refractivity contribution in [3.05, 3.63) is 10.6 Å². The van der Waals surface area contributed by atoms with E-state index in [4.69, 9.17) is 0 Å². The van der Waals surface area contributed by atoms with Gasteiger partial charge in [0.25, 0.3) is 5.91 Å². The van der Waals surface area contributed by atoms with E-state index in [-0.39, 0.29) is 5.91 Å². The van der Waals surface area contributed by atoms with Gasteiger partial charge >= 0.3 is 0 Å². The molecule has 0 radical (unpaired) electrons. The molecule has 0 saturated carbocycles. The van der Waals surface area contributed by atoms with Crippen LogP contribution in [0.1, 0.15) is 41.6 Å². The summed E-state index contributed by atoms with van der Waals surface area (Å²) in [6, 6.07) is 0.332. The molecule has 4 nitrogen and oxygen atoms in total. The molecule has 17 heavy (non-hydrogen) atoms. The fourth-order valence-electron chi connectivity index (χ4n) is 2.17. The molecule has 1 fully saturated rings. The zero-order valence-electron chi connectivity index (χ0n) is 9.86. The van der Waals surface area contributed by atoms with Crippen LogP contribution >= 0.6 is 27.5 Å². The second-order valence-corrected chi connectivity index (χ2v) is 5.65. The molecule has 0 aromatic carbocycles. The third kappa shape index (κ3) is 2.68. The average Bonchev–Trinajstić information content (AvgIpc) is 2.96. The molecule has 1 aliphatic heterocycles. The Morgan fingerprint density at radius 1 is 1.65 bits per heavy atom. The van der Waals surface area contributed by atoms with Gasteiger partial charge < -0.3 is 4.90 Å². The van der Waals surface area contributed by atoms with Crippen molar-refractivity contribution in [2.24, 2.45) is 0 Å². The molecule has 1 saturated heterocycles. The molecular formula is C11H16BrN3OS. The second-order valence-electron chi connectivity index (χ2n) is 4.25.